The maximum Gasteiger partial charge on any atom is 0.330 e. The molecule has 2 N–H and O–H groups in total. The molecule has 1 aromatic carbocycles. The number of benzene rings is 1. The van der Waals surface area contributed by atoms with Gasteiger partial charge in [-0.25, -0.2) is 4.79 Å². The number of azide groups is 1. The van der Waals surface area contributed by atoms with E-state index in [1.54, 1.807) is 13.8 Å². The van der Waals surface area contributed by atoms with Crippen molar-refractivity contribution in [2.45, 2.75) is 50.8 Å². The average molecular weight is 401 g/mol. The minimum absolute atomic E-state index is 0.0483. The van der Waals surface area contributed by atoms with Crippen molar-refractivity contribution in [3.05, 3.63) is 78.9 Å². The Morgan fingerprint density at radius 1 is 1.45 bits per heavy atom. The highest BCUT2D eigenvalue weighted by Crippen LogP contribution is 2.40. The molecule has 1 unspecified atom stereocenters. The van der Waals surface area contributed by atoms with E-state index in [1.165, 1.54) is 6.20 Å². The number of aliphatic hydroxyl groups excluding tert-OH is 1. The summed E-state index contributed by atoms with van der Waals surface area (Å²) < 4.78 is 13.0. The Balaban J connectivity index is 1.85. The number of H-pyrrole nitrogens is 1. The predicted octanol–water partition coefficient (Wildman–Crippen LogP) is 1.78. The van der Waals surface area contributed by atoms with Crippen LogP contribution < -0.4 is 11.2 Å². The Hall–Kier alpha value is -2.91. The second-order valence-corrected chi connectivity index (χ2v) is 7.18. The van der Waals surface area contributed by atoms with Crippen LogP contribution in [0, 0.1) is 6.92 Å². The van der Waals surface area contributed by atoms with Gasteiger partial charge in [-0.3, -0.25) is 14.3 Å². The van der Waals surface area contributed by atoms with E-state index < -0.39 is 35.2 Å². The lowest BCUT2D eigenvalue weighted by atomic mass is 9.92. The minimum atomic E-state index is -1.13. The van der Waals surface area contributed by atoms with Crippen LogP contribution in [0.25, 0.3) is 10.4 Å². The van der Waals surface area contributed by atoms with Gasteiger partial charge in [0.2, 0.25) is 0 Å². The lowest BCUT2D eigenvalue weighted by molar-refractivity contribution is -0.133. The fourth-order valence-electron chi connectivity index (χ4n) is 3.42. The van der Waals surface area contributed by atoms with E-state index >= 15 is 0 Å². The van der Waals surface area contributed by atoms with E-state index in [-0.39, 0.29) is 13.0 Å². The molecule has 1 aliphatic heterocycles. The molecule has 0 spiro atoms. The summed E-state index contributed by atoms with van der Waals surface area (Å²) in [4.78, 5) is 28.9. The average Bonchev–Trinajstić information content (AvgIpc) is 3.03. The van der Waals surface area contributed by atoms with E-state index in [0.717, 1.165) is 10.1 Å². The Labute approximate surface area is 166 Å². The molecule has 1 fully saturated rings. The molecule has 3 rings (SSSR count). The van der Waals surface area contributed by atoms with Gasteiger partial charge in [-0.2, -0.15) is 0 Å². The van der Waals surface area contributed by atoms with Gasteiger partial charge in [-0.05, 0) is 18.0 Å². The molecule has 2 aromatic rings. The van der Waals surface area contributed by atoms with Gasteiger partial charge in [0.1, 0.15) is 11.7 Å². The van der Waals surface area contributed by atoms with Gasteiger partial charge < -0.3 is 14.6 Å². The van der Waals surface area contributed by atoms with Crippen molar-refractivity contribution in [3.63, 3.8) is 0 Å². The molecule has 1 aliphatic rings. The molecule has 10 nitrogen and oxygen atoms in total. The maximum atomic E-state index is 12.2. The molecule has 2 heterocycles. The maximum absolute atomic E-state index is 12.2. The van der Waals surface area contributed by atoms with E-state index in [2.05, 4.69) is 15.0 Å². The van der Waals surface area contributed by atoms with Crippen molar-refractivity contribution in [2.75, 3.05) is 6.61 Å². The van der Waals surface area contributed by atoms with Crippen molar-refractivity contribution in [2.24, 2.45) is 5.11 Å². The zero-order valence-electron chi connectivity index (χ0n) is 16.2. The molecular weight excluding hydrogens is 378 g/mol. The highest BCUT2D eigenvalue weighted by Gasteiger charge is 2.50. The third-order valence-electron chi connectivity index (χ3n) is 5.10. The van der Waals surface area contributed by atoms with Gasteiger partial charge in [-0.15, -0.1) is 0 Å². The fourth-order valence-corrected chi connectivity index (χ4v) is 3.42. The van der Waals surface area contributed by atoms with Crippen molar-refractivity contribution in [1.29, 1.82) is 0 Å². The molecule has 0 aliphatic carbocycles. The number of rotatable bonds is 7. The topological polar surface area (TPSA) is 142 Å². The quantitative estimate of drug-likeness (QED) is 0.413. The van der Waals surface area contributed by atoms with Crippen LogP contribution in [0.3, 0.4) is 0 Å². The number of ether oxygens (including phenoxy) is 2. The molecule has 1 aromatic heterocycles. The summed E-state index contributed by atoms with van der Waals surface area (Å²) in [5, 5.41) is 14.4. The number of aliphatic hydroxyl groups is 1. The SMILES string of the molecule is Cc1cn([C@@H]2O[C@@](COCc3ccccc3)(C(C)N=[N+]=[N-])C[C@H]2O)c(=O)[nH]c1=O. The molecule has 4 atom stereocenters. The smallest absolute Gasteiger partial charge is 0.330 e. The largest absolute Gasteiger partial charge is 0.388 e. The monoisotopic (exact) mass is 401 g/mol. The summed E-state index contributed by atoms with van der Waals surface area (Å²) in [6.07, 6.45) is -0.671. The normalized spacial score (nSPS) is 24.8. The number of nitrogens with one attached hydrogen (secondary N) is 1. The molecule has 10 heteroatoms. The van der Waals surface area contributed by atoms with Crippen LogP contribution in [0.1, 0.15) is 30.7 Å². The number of aromatic amines is 1. The fraction of sp³-hybridized carbons (Fsp3) is 0.474. The summed E-state index contributed by atoms with van der Waals surface area (Å²) in [7, 11) is 0. The first-order valence-electron chi connectivity index (χ1n) is 9.20. The number of hydrogen-bond acceptors (Lipinski definition) is 6. The highest BCUT2D eigenvalue weighted by molar-refractivity contribution is 5.13. The predicted molar refractivity (Wildman–Crippen MR) is 104 cm³/mol. The van der Waals surface area contributed by atoms with Gasteiger partial charge >= 0.3 is 5.69 Å². The van der Waals surface area contributed by atoms with Crippen LogP contribution in [0.2, 0.25) is 0 Å². The highest BCUT2D eigenvalue weighted by atomic mass is 16.6. The molecule has 0 radical (unpaired) electrons. The molecule has 29 heavy (non-hydrogen) atoms. The number of nitrogens with zero attached hydrogens (tertiary/aromatic N) is 4. The first-order valence-corrected chi connectivity index (χ1v) is 9.20. The number of hydrogen-bond donors (Lipinski definition) is 2. The summed E-state index contributed by atoms with van der Waals surface area (Å²) in [6.45, 7) is 3.58. The standard InChI is InChI=1S/C19H23N5O5/c1-12-9-24(18(27)21-16(12)26)17-15(25)8-19(29-17,13(2)22-23-20)11-28-10-14-6-4-3-5-7-14/h3-7,9,13,15,17,25H,8,10-11H2,1-2H3,(H,21,26,27)/t13?,15-,17-,19+/m1/s1. The van der Waals surface area contributed by atoms with Crippen LogP contribution in [-0.4, -0.2) is 39.0 Å². The van der Waals surface area contributed by atoms with Crippen LogP contribution in [0.4, 0.5) is 0 Å². The Morgan fingerprint density at radius 3 is 2.86 bits per heavy atom. The van der Waals surface area contributed by atoms with Crippen LogP contribution in [0.5, 0.6) is 0 Å². The zero-order valence-corrected chi connectivity index (χ0v) is 16.2. The first kappa shape index (κ1) is 20.8. The third-order valence-corrected chi connectivity index (χ3v) is 5.10. The van der Waals surface area contributed by atoms with Crippen LogP contribution in [-0.2, 0) is 16.1 Å². The van der Waals surface area contributed by atoms with E-state index in [1.807, 2.05) is 30.3 Å². The van der Waals surface area contributed by atoms with Gasteiger partial charge in [0, 0.05) is 23.1 Å². The van der Waals surface area contributed by atoms with Gasteiger partial charge in [0.05, 0.1) is 19.3 Å². The van der Waals surface area contributed by atoms with Gasteiger partial charge in [0.25, 0.3) is 5.56 Å². The Morgan fingerprint density at radius 2 is 2.17 bits per heavy atom. The number of aromatic nitrogens is 2. The van der Waals surface area contributed by atoms with Crippen LogP contribution >= 0.6 is 0 Å². The van der Waals surface area contributed by atoms with Gasteiger partial charge in [-0.1, -0.05) is 42.4 Å². The van der Waals surface area contributed by atoms with Crippen molar-refractivity contribution in [1.82, 2.24) is 9.55 Å². The lowest BCUT2D eigenvalue weighted by Gasteiger charge is -2.32. The van der Waals surface area contributed by atoms with Crippen molar-refractivity contribution >= 4 is 0 Å². The summed E-state index contributed by atoms with van der Waals surface area (Å²) in [6, 6.07) is 8.86. The lowest BCUT2D eigenvalue weighted by Crippen LogP contribution is -2.44. The summed E-state index contributed by atoms with van der Waals surface area (Å²) >= 11 is 0. The zero-order chi connectivity index (χ0) is 21.0. The molecule has 154 valence electrons. The van der Waals surface area contributed by atoms with Crippen molar-refractivity contribution < 1.29 is 14.6 Å². The van der Waals surface area contributed by atoms with E-state index in [0.29, 0.717) is 12.2 Å². The molecular formula is C19H23N5O5. The summed E-state index contributed by atoms with van der Waals surface area (Å²) in [5.74, 6) is 0. The third kappa shape index (κ3) is 4.41. The Bertz CT molecular complexity index is 1010. The van der Waals surface area contributed by atoms with E-state index in [4.69, 9.17) is 15.0 Å². The first-order chi connectivity index (χ1) is 13.9. The minimum Gasteiger partial charge on any atom is -0.388 e. The van der Waals surface area contributed by atoms with Crippen molar-refractivity contribution in [3.8, 4) is 0 Å². The molecule has 0 saturated carbocycles. The second kappa shape index (κ2) is 8.62. The van der Waals surface area contributed by atoms with E-state index in [9.17, 15) is 14.7 Å². The molecule has 0 bridgehead atoms. The molecule has 1 saturated heterocycles. The summed E-state index contributed by atoms with van der Waals surface area (Å²) in [5.41, 5.74) is 7.82. The van der Waals surface area contributed by atoms with Gasteiger partial charge in [0.15, 0.2) is 6.23 Å². The Kier molecular flexibility index (Phi) is 6.19. The second-order valence-electron chi connectivity index (χ2n) is 7.18. The van der Waals surface area contributed by atoms with Crippen LogP contribution in [0.15, 0.2) is 51.2 Å². The number of aryl methyl sites for hydroxylation is 1. The molecule has 0 amide bonds.